The summed E-state index contributed by atoms with van der Waals surface area (Å²) >= 11 is 0. The molecule has 4 heteroatoms. The Hall–Kier alpha value is -1.71. The first-order valence-electron chi connectivity index (χ1n) is 5.00. The van der Waals surface area contributed by atoms with E-state index >= 15 is 0 Å². The van der Waals surface area contributed by atoms with Gasteiger partial charge in [0.15, 0.2) is 0 Å². The molecular formula is C11H14N2O2. The zero-order chi connectivity index (χ0) is 10.7. The number of urea groups is 1. The number of ether oxygens (including phenoxy) is 1. The molecule has 0 spiro atoms. The van der Waals surface area contributed by atoms with Crippen LogP contribution in [0.3, 0.4) is 0 Å². The number of hydrogen-bond acceptors (Lipinski definition) is 2. The van der Waals surface area contributed by atoms with Gasteiger partial charge in [0, 0.05) is 18.8 Å². The summed E-state index contributed by atoms with van der Waals surface area (Å²) in [5.41, 5.74) is 0.910. The van der Waals surface area contributed by atoms with E-state index in [1.54, 1.807) is 12.0 Å². The van der Waals surface area contributed by atoms with E-state index < -0.39 is 0 Å². The van der Waals surface area contributed by atoms with E-state index in [2.05, 4.69) is 5.32 Å². The lowest BCUT2D eigenvalue weighted by molar-refractivity contribution is 0.243. The third kappa shape index (κ3) is 2.03. The average molecular weight is 206 g/mol. The number of carbonyl (C=O) groups is 1. The standard InChI is InChI=1S/C11H14N2O2/c1-15-10-5-3-9(4-6-10)13-8-2-7-12-11(13)14/h3-6H,2,7-8H2,1H3,(H,12,14). The topological polar surface area (TPSA) is 41.6 Å². The van der Waals surface area contributed by atoms with E-state index in [0.29, 0.717) is 0 Å². The van der Waals surface area contributed by atoms with Gasteiger partial charge < -0.3 is 10.1 Å². The largest absolute Gasteiger partial charge is 0.497 e. The fourth-order valence-electron chi connectivity index (χ4n) is 1.64. The van der Waals surface area contributed by atoms with Crippen LogP contribution < -0.4 is 15.0 Å². The molecular weight excluding hydrogens is 192 g/mol. The number of hydrogen-bond donors (Lipinski definition) is 1. The van der Waals surface area contributed by atoms with Crippen LogP contribution in [0.25, 0.3) is 0 Å². The Kier molecular flexibility index (Phi) is 2.76. The smallest absolute Gasteiger partial charge is 0.321 e. The monoisotopic (exact) mass is 206 g/mol. The summed E-state index contributed by atoms with van der Waals surface area (Å²) in [6, 6.07) is 7.48. The molecule has 2 amide bonds. The van der Waals surface area contributed by atoms with Crippen LogP contribution in [0.4, 0.5) is 10.5 Å². The van der Waals surface area contributed by atoms with E-state index in [-0.39, 0.29) is 6.03 Å². The van der Waals surface area contributed by atoms with Gasteiger partial charge in [-0.15, -0.1) is 0 Å². The number of nitrogens with one attached hydrogen (secondary N) is 1. The summed E-state index contributed by atoms with van der Waals surface area (Å²) in [4.78, 5) is 13.3. The highest BCUT2D eigenvalue weighted by atomic mass is 16.5. The Bertz CT molecular complexity index is 348. The Morgan fingerprint density at radius 1 is 1.33 bits per heavy atom. The van der Waals surface area contributed by atoms with Crippen molar-refractivity contribution in [1.29, 1.82) is 0 Å². The molecule has 1 fully saturated rings. The van der Waals surface area contributed by atoms with Crippen molar-refractivity contribution < 1.29 is 9.53 Å². The quantitative estimate of drug-likeness (QED) is 0.798. The summed E-state index contributed by atoms with van der Waals surface area (Å²) in [5.74, 6) is 0.802. The second kappa shape index (κ2) is 4.21. The van der Waals surface area contributed by atoms with Crippen LogP contribution >= 0.6 is 0 Å². The molecule has 0 aliphatic carbocycles. The molecule has 4 nitrogen and oxygen atoms in total. The normalized spacial score (nSPS) is 16.1. The average Bonchev–Trinajstić information content (AvgIpc) is 2.30. The minimum Gasteiger partial charge on any atom is -0.497 e. The first-order chi connectivity index (χ1) is 7.31. The molecule has 15 heavy (non-hydrogen) atoms. The van der Waals surface area contributed by atoms with Crippen molar-refractivity contribution in [3.05, 3.63) is 24.3 Å². The van der Waals surface area contributed by atoms with Crippen molar-refractivity contribution in [2.45, 2.75) is 6.42 Å². The minimum atomic E-state index is -0.0218. The molecule has 1 aliphatic heterocycles. The number of methoxy groups -OCH3 is 1. The molecule has 1 aromatic carbocycles. The molecule has 0 saturated carbocycles. The molecule has 0 unspecified atom stereocenters. The molecule has 80 valence electrons. The summed E-state index contributed by atoms with van der Waals surface area (Å²) in [5, 5.41) is 2.81. The van der Waals surface area contributed by atoms with E-state index in [0.717, 1.165) is 30.9 Å². The van der Waals surface area contributed by atoms with Gasteiger partial charge in [-0.05, 0) is 30.7 Å². The van der Waals surface area contributed by atoms with E-state index in [1.165, 1.54) is 0 Å². The maximum Gasteiger partial charge on any atom is 0.321 e. The molecule has 0 radical (unpaired) electrons. The van der Waals surface area contributed by atoms with Gasteiger partial charge >= 0.3 is 6.03 Å². The number of rotatable bonds is 2. The third-order valence-electron chi connectivity index (χ3n) is 2.46. The second-order valence-corrected chi connectivity index (χ2v) is 3.44. The number of amides is 2. The highest BCUT2D eigenvalue weighted by molar-refractivity contribution is 5.92. The highest BCUT2D eigenvalue weighted by Gasteiger charge is 2.18. The van der Waals surface area contributed by atoms with Gasteiger partial charge in [-0.1, -0.05) is 0 Å². The summed E-state index contributed by atoms with van der Waals surface area (Å²) in [7, 11) is 1.63. The lowest BCUT2D eigenvalue weighted by atomic mass is 10.2. The molecule has 0 atom stereocenters. The van der Waals surface area contributed by atoms with Crippen molar-refractivity contribution in [3.8, 4) is 5.75 Å². The second-order valence-electron chi connectivity index (χ2n) is 3.44. The van der Waals surface area contributed by atoms with Gasteiger partial charge in [-0.2, -0.15) is 0 Å². The number of nitrogens with zero attached hydrogens (tertiary/aromatic N) is 1. The van der Waals surface area contributed by atoms with Crippen molar-refractivity contribution in [2.75, 3.05) is 25.1 Å². The predicted octanol–water partition coefficient (Wildman–Crippen LogP) is 1.61. The van der Waals surface area contributed by atoms with Crippen molar-refractivity contribution in [1.82, 2.24) is 5.32 Å². The van der Waals surface area contributed by atoms with Gasteiger partial charge in [0.25, 0.3) is 0 Å². The summed E-state index contributed by atoms with van der Waals surface area (Å²) < 4.78 is 5.06. The molecule has 1 saturated heterocycles. The molecule has 1 N–H and O–H groups in total. The lowest BCUT2D eigenvalue weighted by Crippen LogP contribution is -2.46. The van der Waals surface area contributed by atoms with Crippen LogP contribution in [0.15, 0.2) is 24.3 Å². The fourth-order valence-corrected chi connectivity index (χ4v) is 1.64. The van der Waals surface area contributed by atoms with Crippen molar-refractivity contribution >= 4 is 11.7 Å². The van der Waals surface area contributed by atoms with Crippen molar-refractivity contribution in [2.24, 2.45) is 0 Å². The molecule has 0 aromatic heterocycles. The first-order valence-corrected chi connectivity index (χ1v) is 5.00. The molecule has 1 heterocycles. The van der Waals surface area contributed by atoms with Crippen LogP contribution in [-0.4, -0.2) is 26.2 Å². The van der Waals surface area contributed by atoms with Crippen LogP contribution in [0.2, 0.25) is 0 Å². The van der Waals surface area contributed by atoms with E-state index in [1.807, 2.05) is 24.3 Å². The van der Waals surface area contributed by atoms with Crippen LogP contribution in [0.5, 0.6) is 5.75 Å². The van der Waals surface area contributed by atoms with E-state index in [4.69, 9.17) is 4.74 Å². The Balaban J connectivity index is 2.17. The van der Waals surface area contributed by atoms with Gasteiger partial charge in [0.05, 0.1) is 7.11 Å². The van der Waals surface area contributed by atoms with Gasteiger partial charge in [-0.25, -0.2) is 4.79 Å². The van der Waals surface area contributed by atoms with Gasteiger partial charge in [0.1, 0.15) is 5.75 Å². The summed E-state index contributed by atoms with van der Waals surface area (Å²) in [6.07, 6.45) is 0.984. The van der Waals surface area contributed by atoms with Crippen LogP contribution in [0, 0.1) is 0 Å². The Morgan fingerprint density at radius 2 is 2.07 bits per heavy atom. The van der Waals surface area contributed by atoms with Gasteiger partial charge in [0.2, 0.25) is 0 Å². The zero-order valence-electron chi connectivity index (χ0n) is 8.69. The lowest BCUT2D eigenvalue weighted by Gasteiger charge is -2.27. The van der Waals surface area contributed by atoms with E-state index in [9.17, 15) is 4.79 Å². The SMILES string of the molecule is COc1ccc(N2CCCNC2=O)cc1. The maximum atomic E-state index is 11.5. The van der Waals surface area contributed by atoms with Crippen LogP contribution in [-0.2, 0) is 0 Å². The molecule has 0 bridgehead atoms. The molecule has 2 rings (SSSR count). The van der Waals surface area contributed by atoms with Crippen LogP contribution in [0.1, 0.15) is 6.42 Å². The maximum absolute atomic E-state index is 11.5. The zero-order valence-corrected chi connectivity index (χ0v) is 8.69. The van der Waals surface area contributed by atoms with Gasteiger partial charge in [-0.3, -0.25) is 4.90 Å². The molecule has 1 aromatic rings. The summed E-state index contributed by atoms with van der Waals surface area (Å²) in [6.45, 7) is 1.55. The Morgan fingerprint density at radius 3 is 2.67 bits per heavy atom. The number of anilines is 1. The molecule has 1 aliphatic rings. The third-order valence-corrected chi connectivity index (χ3v) is 2.46. The fraction of sp³-hybridized carbons (Fsp3) is 0.364. The number of carbonyl (C=O) groups excluding carboxylic acids is 1. The Labute approximate surface area is 88.8 Å². The van der Waals surface area contributed by atoms with Crippen molar-refractivity contribution in [3.63, 3.8) is 0 Å². The number of benzene rings is 1. The minimum absolute atomic E-state index is 0.0218. The first kappa shape index (κ1) is 9.83. The highest BCUT2D eigenvalue weighted by Crippen LogP contribution is 2.20. The predicted molar refractivity (Wildman–Crippen MR) is 58.4 cm³/mol.